The summed E-state index contributed by atoms with van der Waals surface area (Å²) in [4.78, 5) is 0. The molecule has 0 aliphatic carbocycles. The fourth-order valence-corrected chi connectivity index (χ4v) is 5.09. The molecule has 0 saturated heterocycles. The second kappa shape index (κ2) is 25.0. The molecular weight excluding hydrogens is 520 g/mol. The van der Waals surface area contributed by atoms with Crippen molar-refractivity contribution in [3.8, 4) is 0 Å². The van der Waals surface area contributed by atoms with E-state index in [1.807, 2.05) is 0 Å². The molecule has 0 N–H and O–H groups in total. The standard InChI is InChI=1S/C42H66O/c1-35(2)18-12-19-36(3)20-13-21-37(4)22-14-23-38(5)24-15-25-39(6)26-16-27-40(7)28-17-29-41(8)32-33-43-34-42-30-10-9-11-31-42/h9-11,18,20,22,24,26,28,30-31,41H,12-17,19,21,23,25,27,29,32-34H2,1-8H3. The predicted molar refractivity (Wildman–Crippen MR) is 193 cm³/mol. The Hall–Kier alpha value is -2.38. The van der Waals surface area contributed by atoms with Crippen molar-refractivity contribution in [2.45, 2.75) is 145 Å². The summed E-state index contributed by atoms with van der Waals surface area (Å²) >= 11 is 0. The van der Waals surface area contributed by atoms with Gasteiger partial charge in [-0.15, -0.1) is 0 Å². The van der Waals surface area contributed by atoms with Crippen LogP contribution in [0.4, 0.5) is 0 Å². The Labute approximate surface area is 268 Å². The summed E-state index contributed by atoms with van der Waals surface area (Å²) in [5, 5.41) is 0. The van der Waals surface area contributed by atoms with Gasteiger partial charge in [-0.2, -0.15) is 0 Å². The van der Waals surface area contributed by atoms with Gasteiger partial charge in [0.15, 0.2) is 0 Å². The van der Waals surface area contributed by atoms with E-state index in [0.717, 1.165) is 32.5 Å². The van der Waals surface area contributed by atoms with Crippen molar-refractivity contribution in [1.29, 1.82) is 0 Å². The molecule has 0 saturated carbocycles. The van der Waals surface area contributed by atoms with Crippen LogP contribution < -0.4 is 0 Å². The summed E-state index contributed by atoms with van der Waals surface area (Å²) in [5.74, 6) is 0.706. The van der Waals surface area contributed by atoms with Gasteiger partial charge in [-0.1, -0.05) is 107 Å². The monoisotopic (exact) mass is 587 g/mol. The van der Waals surface area contributed by atoms with Gasteiger partial charge in [0.1, 0.15) is 0 Å². The molecule has 1 nitrogen and oxygen atoms in total. The molecule has 1 rings (SSSR count). The van der Waals surface area contributed by atoms with Gasteiger partial charge in [0.2, 0.25) is 0 Å². The molecule has 0 aliphatic heterocycles. The van der Waals surface area contributed by atoms with E-state index in [0.29, 0.717) is 5.92 Å². The summed E-state index contributed by atoms with van der Waals surface area (Å²) < 4.78 is 5.86. The minimum Gasteiger partial charge on any atom is -0.377 e. The van der Waals surface area contributed by atoms with Crippen LogP contribution >= 0.6 is 0 Å². The summed E-state index contributed by atoms with van der Waals surface area (Å²) in [5.41, 5.74) is 10.3. The van der Waals surface area contributed by atoms with Crippen molar-refractivity contribution < 1.29 is 4.74 Å². The number of benzene rings is 1. The third kappa shape index (κ3) is 23.7. The average Bonchev–Trinajstić information content (AvgIpc) is 2.95. The zero-order chi connectivity index (χ0) is 31.7. The van der Waals surface area contributed by atoms with Gasteiger partial charge < -0.3 is 4.74 Å². The highest BCUT2D eigenvalue weighted by molar-refractivity contribution is 5.13. The number of hydrogen-bond acceptors (Lipinski definition) is 1. The zero-order valence-electron chi connectivity index (χ0n) is 29.4. The Morgan fingerprint density at radius 3 is 1.35 bits per heavy atom. The molecule has 1 aromatic carbocycles. The number of rotatable bonds is 23. The Bertz CT molecular complexity index is 1040. The summed E-state index contributed by atoms with van der Waals surface area (Å²) in [6, 6.07) is 10.5. The van der Waals surface area contributed by atoms with Crippen LogP contribution in [0.5, 0.6) is 0 Å². The van der Waals surface area contributed by atoms with E-state index in [4.69, 9.17) is 4.74 Å². The number of allylic oxidation sites excluding steroid dienone is 12. The molecule has 0 radical (unpaired) electrons. The van der Waals surface area contributed by atoms with E-state index in [9.17, 15) is 0 Å². The maximum atomic E-state index is 5.86. The first-order valence-corrected chi connectivity index (χ1v) is 17.2. The van der Waals surface area contributed by atoms with Gasteiger partial charge in [-0.25, -0.2) is 0 Å². The van der Waals surface area contributed by atoms with Crippen LogP contribution in [-0.4, -0.2) is 6.61 Å². The van der Waals surface area contributed by atoms with Crippen molar-refractivity contribution in [1.82, 2.24) is 0 Å². The van der Waals surface area contributed by atoms with Crippen molar-refractivity contribution >= 4 is 0 Å². The van der Waals surface area contributed by atoms with Crippen LogP contribution in [-0.2, 0) is 11.3 Å². The summed E-state index contributed by atoms with van der Waals surface area (Å²) in [6.07, 6.45) is 29.9. The first-order chi connectivity index (χ1) is 20.7. The van der Waals surface area contributed by atoms with Gasteiger partial charge in [0, 0.05) is 6.61 Å². The van der Waals surface area contributed by atoms with Crippen molar-refractivity contribution in [3.05, 3.63) is 106 Å². The molecule has 0 aromatic heterocycles. The van der Waals surface area contributed by atoms with E-state index in [1.165, 1.54) is 103 Å². The third-order valence-corrected chi connectivity index (χ3v) is 8.24. The Kier molecular flexibility index (Phi) is 22.5. The zero-order valence-corrected chi connectivity index (χ0v) is 29.4. The first-order valence-electron chi connectivity index (χ1n) is 17.2. The minimum atomic E-state index is 0.706. The lowest BCUT2D eigenvalue weighted by molar-refractivity contribution is 0.108. The van der Waals surface area contributed by atoms with Crippen molar-refractivity contribution in [2.24, 2.45) is 5.92 Å². The van der Waals surface area contributed by atoms with Crippen LogP contribution in [0.25, 0.3) is 0 Å². The fourth-order valence-electron chi connectivity index (χ4n) is 5.09. The molecule has 1 aromatic rings. The van der Waals surface area contributed by atoms with Gasteiger partial charge in [0.25, 0.3) is 0 Å². The first kappa shape index (κ1) is 38.6. The third-order valence-electron chi connectivity index (χ3n) is 8.24. The van der Waals surface area contributed by atoms with Gasteiger partial charge in [0.05, 0.1) is 6.61 Å². The van der Waals surface area contributed by atoms with Crippen LogP contribution in [0.3, 0.4) is 0 Å². The highest BCUT2D eigenvalue weighted by Gasteiger charge is 2.02. The molecule has 0 amide bonds. The SMILES string of the molecule is CC(C)=CCCC(C)=CCCC(C)=CCCC(C)=CCCC(C)=CCCC(C)=CCCC(C)CCOCc1ccccc1. The van der Waals surface area contributed by atoms with Crippen molar-refractivity contribution in [3.63, 3.8) is 0 Å². The van der Waals surface area contributed by atoms with E-state index in [1.54, 1.807) is 0 Å². The van der Waals surface area contributed by atoms with Crippen LogP contribution in [0.15, 0.2) is 100 Å². The fraction of sp³-hybridized carbons (Fsp3) is 0.571. The number of hydrogen-bond donors (Lipinski definition) is 0. The van der Waals surface area contributed by atoms with Crippen molar-refractivity contribution in [2.75, 3.05) is 6.61 Å². The second-order valence-electron chi connectivity index (χ2n) is 13.2. The molecule has 1 heteroatoms. The second-order valence-corrected chi connectivity index (χ2v) is 13.2. The van der Waals surface area contributed by atoms with Gasteiger partial charge in [-0.05, 0) is 143 Å². The maximum Gasteiger partial charge on any atom is 0.0716 e. The predicted octanol–water partition coefficient (Wildman–Crippen LogP) is 13.6. The highest BCUT2D eigenvalue weighted by atomic mass is 16.5. The van der Waals surface area contributed by atoms with E-state index >= 15 is 0 Å². The summed E-state index contributed by atoms with van der Waals surface area (Å²) in [7, 11) is 0. The lowest BCUT2D eigenvalue weighted by Gasteiger charge is -2.11. The molecular formula is C42H66O. The molecule has 240 valence electrons. The smallest absolute Gasteiger partial charge is 0.0716 e. The molecule has 43 heavy (non-hydrogen) atoms. The minimum absolute atomic E-state index is 0.706. The van der Waals surface area contributed by atoms with Crippen LogP contribution in [0.1, 0.15) is 144 Å². The number of ether oxygens (including phenoxy) is 1. The molecule has 1 atom stereocenters. The molecule has 0 bridgehead atoms. The molecule has 0 spiro atoms. The molecule has 0 fully saturated rings. The molecule has 0 aliphatic rings. The van der Waals surface area contributed by atoms with E-state index in [-0.39, 0.29) is 0 Å². The lowest BCUT2D eigenvalue weighted by Crippen LogP contribution is -2.02. The maximum absolute atomic E-state index is 5.86. The highest BCUT2D eigenvalue weighted by Crippen LogP contribution is 2.17. The van der Waals surface area contributed by atoms with Crippen LogP contribution in [0, 0.1) is 5.92 Å². The quantitative estimate of drug-likeness (QED) is 0.0915. The van der Waals surface area contributed by atoms with Gasteiger partial charge >= 0.3 is 0 Å². The average molecular weight is 587 g/mol. The molecule has 0 heterocycles. The topological polar surface area (TPSA) is 9.23 Å². The lowest BCUT2D eigenvalue weighted by atomic mass is 10.00. The Morgan fingerprint density at radius 2 is 0.930 bits per heavy atom. The van der Waals surface area contributed by atoms with E-state index in [2.05, 4.69) is 122 Å². The summed E-state index contributed by atoms with van der Waals surface area (Å²) in [6.45, 7) is 19.7. The van der Waals surface area contributed by atoms with Crippen LogP contribution in [0.2, 0.25) is 0 Å². The van der Waals surface area contributed by atoms with Gasteiger partial charge in [-0.3, -0.25) is 0 Å². The largest absolute Gasteiger partial charge is 0.377 e. The molecule has 1 unspecified atom stereocenters. The Morgan fingerprint density at radius 1 is 0.535 bits per heavy atom. The Balaban J connectivity index is 2.15. The van der Waals surface area contributed by atoms with E-state index < -0.39 is 0 Å². The normalized spacial score (nSPS) is 14.3.